The van der Waals surface area contributed by atoms with Gasteiger partial charge in [0.25, 0.3) is 5.91 Å². The van der Waals surface area contributed by atoms with Gasteiger partial charge in [0.05, 0.1) is 6.61 Å². The molecule has 0 aliphatic carbocycles. The molecule has 0 unspecified atom stereocenters. The van der Waals surface area contributed by atoms with E-state index in [1.54, 1.807) is 0 Å². The minimum Gasteiger partial charge on any atom is -0.363 e. The summed E-state index contributed by atoms with van der Waals surface area (Å²) < 4.78 is 5.91. The number of amides is 1. The molecule has 22 heavy (non-hydrogen) atoms. The number of rotatable bonds is 1. The molecule has 2 heterocycles. The number of hydrogen-bond acceptors (Lipinski definition) is 3. The number of thioether (sulfide) groups is 1. The summed E-state index contributed by atoms with van der Waals surface area (Å²) in [7, 11) is 0. The fourth-order valence-corrected chi connectivity index (χ4v) is 4.60. The Morgan fingerprint density at radius 3 is 2.64 bits per heavy atom. The van der Waals surface area contributed by atoms with E-state index in [2.05, 4.69) is 12.1 Å². The maximum atomic E-state index is 12.9. The molecule has 1 amide bonds. The summed E-state index contributed by atoms with van der Waals surface area (Å²) in [6, 6.07) is 14.1. The Bertz CT molecular complexity index is 694. The molecule has 114 valence electrons. The van der Waals surface area contributed by atoms with Gasteiger partial charge in [-0.05, 0) is 16.8 Å². The van der Waals surface area contributed by atoms with Crippen LogP contribution in [0.5, 0.6) is 0 Å². The highest BCUT2D eigenvalue weighted by molar-refractivity contribution is 8.00. The summed E-state index contributed by atoms with van der Waals surface area (Å²) in [5.74, 6) is 1.23. The number of carbonyl (C=O) groups excluding carboxylic acids is 1. The molecule has 2 aromatic carbocycles. The highest BCUT2D eigenvalue weighted by Crippen LogP contribution is 2.41. The van der Waals surface area contributed by atoms with Crippen LogP contribution in [0, 0.1) is 0 Å². The van der Waals surface area contributed by atoms with Gasteiger partial charge in [-0.25, -0.2) is 0 Å². The third-order valence-electron chi connectivity index (χ3n) is 4.65. The van der Waals surface area contributed by atoms with Crippen LogP contribution in [0.3, 0.4) is 0 Å². The number of benzene rings is 2. The van der Waals surface area contributed by atoms with E-state index in [1.165, 1.54) is 0 Å². The lowest BCUT2D eigenvalue weighted by molar-refractivity contribution is 0.00358. The van der Waals surface area contributed by atoms with Crippen molar-refractivity contribution in [1.82, 2.24) is 4.90 Å². The third-order valence-corrected chi connectivity index (χ3v) is 6.07. The zero-order chi connectivity index (χ0) is 15.0. The number of carbonyl (C=O) groups is 1. The molecule has 2 aliphatic heterocycles. The predicted octanol–water partition coefficient (Wildman–Crippen LogP) is 3.54. The van der Waals surface area contributed by atoms with Crippen molar-refractivity contribution in [3.63, 3.8) is 0 Å². The van der Waals surface area contributed by atoms with Crippen LogP contribution in [0.15, 0.2) is 42.5 Å². The maximum absolute atomic E-state index is 12.9. The van der Waals surface area contributed by atoms with Gasteiger partial charge >= 0.3 is 0 Å². The first-order valence-corrected chi connectivity index (χ1v) is 8.81. The lowest BCUT2D eigenvalue weighted by Crippen LogP contribution is -2.45. The zero-order valence-electron chi connectivity index (χ0n) is 12.5. The molecule has 0 N–H and O–H groups in total. The van der Waals surface area contributed by atoms with Crippen LogP contribution in [0.2, 0.25) is 0 Å². The molecule has 2 aromatic rings. The van der Waals surface area contributed by atoms with Gasteiger partial charge in [-0.2, -0.15) is 0 Å². The zero-order valence-corrected chi connectivity index (χ0v) is 13.3. The molecule has 3 nitrogen and oxygen atoms in total. The standard InChI is InChI=1S/C18H19NO2S/c20-17(16-7-3-5-14-4-1-2-6-15(14)16)19-10-8-18(9-11-19)21-12-13-22-18/h1-7H,8-13H2. The SMILES string of the molecule is O=C(c1cccc2ccccc12)N1CCC2(CC1)OCCS2. The van der Waals surface area contributed by atoms with Crippen molar-refractivity contribution in [2.24, 2.45) is 0 Å². The summed E-state index contributed by atoms with van der Waals surface area (Å²) >= 11 is 1.92. The van der Waals surface area contributed by atoms with Crippen molar-refractivity contribution in [1.29, 1.82) is 0 Å². The van der Waals surface area contributed by atoms with Gasteiger partial charge in [0.2, 0.25) is 0 Å². The third kappa shape index (κ3) is 2.40. The molecule has 0 saturated carbocycles. The lowest BCUT2D eigenvalue weighted by atomic mass is 10.0. The van der Waals surface area contributed by atoms with E-state index in [9.17, 15) is 4.79 Å². The summed E-state index contributed by atoms with van der Waals surface area (Å²) in [4.78, 5) is 14.9. The highest BCUT2D eigenvalue weighted by Gasteiger charge is 2.40. The van der Waals surface area contributed by atoms with E-state index < -0.39 is 0 Å². The normalized spacial score (nSPS) is 20.6. The Labute approximate surface area is 134 Å². The molecule has 0 atom stereocenters. The molecule has 4 heteroatoms. The monoisotopic (exact) mass is 313 g/mol. The van der Waals surface area contributed by atoms with Crippen molar-refractivity contribution in [2.45, 2.75) is 17.8 Å². The molecule has 2 fully saturated rings. The number of likely N-dealkylation sites (tertiary alicyclic amines) is 1. The number of ether oxygens (including phenoxy) is 1. The Morgan fingerprint density at radius 1 is 1.09 bits per heavy atom. The molecule has 2 aliphatic rings. The van der Waals surface area contributed by atoms with Crippen LogP contribution in [-0.2, 0) is 4.74 Å². The molecule has 4 rings (SSSR count). The molecule has 0 aromatic heterocycles. The van der Waals surface area contributed by atoms with Crippen LogP contribution in [0.4, 0.5) is 0 Å². The van der Waals surface area contributed by atoms with Crippen LogP contribution in [-0.4, -0.2) is 41.2 Å². The van der Waals surface area contributed by atoms with Gasteiger partial charge in [-0.15, -0.1) is 11.8 Å². The van der Waals surface area contributed by atoms with E-state index in [0.717, 1.165) is 54.6 Å². The van der Waals surface area contributed by atoms with Gasteiger partial charge in [0.15, 0.2) is 0 Å². The second-order valence-electron chi connectivity index (χ2n) is 5.93. The van der Waals surface area contributed by atoms with Crippen LogP contribution >= 0.6 is 11.8 Å². The van der Waals surface area contributed by atoms with Crippen LogP contribution in [0.25, 0.3) is 10.8 Å². The van der Waals surface area contributed by atoms with Gasteiger partial charge < -0.3 is 9.64 Å². The predicted molar refractivity (Wildman–Crippen MR) is 90.2 cm³/mol. The molecule has 0 radical (unpaired) electrons. The van der Waals surface area contributed by atoms with E-state index in [4.69, 9.17) is 4.74 Å². The van der Waals surface area contributed by atoms with Crippen molar-refractivity contribution >= 4 is 28.4 Å². The summed E-state index contributed by atoms with van der Waals surface area (Å²) in [6.45, 7) is 2.42. The van der Waals surface area contributed by atoms with Crippen LogP contribution in [0.1, 0.15) is 23.2 Å². The summed E-state index contributed by atoms with van der Waals surface area (Å²) in [5, 5.41) is 2.17. The fraction of sp³-hybridized carbons (Fsp3) is 0.389. The minimum absolute atomic E-state index is 0.0183. The molecule has 2 saturated heterocycles. The van der Waals surface area contributed by atoms with Crippen LogP contribution < -0.4 is 0 Å². The largest absolute Gasteiger partial charge is 0.363 e. The Kier molecular flexibility index (Phi) is 3.59. The lowest BCUT2D eigenvalue weighted by Gasteiger charge is -2.38. The number of hydrogen-bond donors (Lipinski definition) is 0. The Hall–Kier alpha value is -1.52. The maximum Gasteiger partial charge on any atom is 0.254 e. The van der Waals surface area contributed by atoms with Crippen molar-refractivity contribution in [3.8, 4) is 0 Å². The smallest absolute Gasteiger partial charge is 0.254 e. The Balaban J connectivity index is 1.57. The second kappa shape index (κ2) is 5.60. The van der Waals surface area contributed by atoms with E-state index in [0.29, 0.717) is 0 Å². The summed E-state index contributed by atoms with van der Waals surface area (Å²) in [5.41, 5.74) is 0.814. The van der Waals surface area contributed by atoms with Gasteiger partial charge in [-0.1, -0.05) is 36.4 Å². The van der Waals surface area contributed by atoms with E-state index in [-0.39, 0.29) is 10.8 Å². The van der Waals surface area contributed by atoms with Gasteiger partial charge in [-0.3, -0.25) is 4.79 Å². The van der Waals surface area contributed by atoms with E-state index >= 15 is 0 Å². The fourth-order valence-electron chi connectivity index (χ4n) is 3.42. The minimum atomic E-state index is -0.0183. The second-order valence-corrected chi connectivity index (χ2v) is 7.37. The summed E-state index contributed by atoms with van der Waals surface area (Å²) in [6.07, 6.45) is 1.88. The average molecular weight is 313 g/mol. The first-order valence-electron chi connectivity index (χ1n) is 7.82. The van der Waals surface area contributed by atoms with Crippen molar-refractivity contribution < 1.29 is 9.53 Å². The van der Waals surface area contributed by atoms with Crippen molar-refractivity contribution in [2.75, 3.05) is 25.4 Å². The van der Waals surface area contributed by atoms with Gasteiger partial charge in [0, 0.05) is 37.2 Å². The first-order chi connectivity index (χ1) is 10.8. The number of fused-ring (bicyclic) bond motifs is 1. The topological polar surface area (TPSA) is 29.5 Å². The molecule has 0 bridgehead atoms. The average Bonchev–Trinajstić information content (AvgIpc) is 3.02. The molecular weight excluding hydrogens is 294 g/mol. The van der Waals surface area contributed by atoms with E-state index in [1.807, 2.05) is 47.0 Å². The first kappa shape index (κ1) is 14.1. The number of piperidine rings is 1. The van der Waals surface area contributed by atoms with Crippen molar-refractivity contribution in [3.05, 3.63) is 48.0 Å². The highest BCUT2D eigenvalue weighted by atomic mass is 32.2. The molecular formula is C18H19NO2S. The molecule has 1 spiro atoms. The Morgan fingerprint density at radius 2 is 1.86 bits per heavy atom. The van der Waals surface area contributed by atoms with Gasteiger partial charge in [0.1, 0.15) is 4.93 Å². The number of nitrogens with zero attached hydrogens (tertiary/aromatic N) is 1. The quantitative estimate of drug-likeness (QED) is 0.806.